The summed E-state index contributed by atoms with van der Waals surface area (Å²) >= 11 is 0. The van der Waals surface area contributed by atoms with Gasteiger partial charge in [0.15, 0.2) is 0 Å². The van der Waals surface area contributed by atoms with Crippen LogP contribution in [-0.2, 0) is 14.8 Å². The molecule has 1 aliphatic rings. The van der Waals surface area contributed by atoms with Gasteiger partial charge < -0.3 is 10.1 Å². The summed E-state index contributed by atoms with van der Waals surface area (Å²) in [5.74, 6) is -0.860. The quantitative estimate of drug-likeness (QED) is 0.792. The van der Waals surface area contributed by atoms with Gasteiger partial charge in [-0.2, -0.15) is 0 Å². The van der Waals surface area contributed by atoms with Crippen LogP contribution in [0.5, 0.6) is 0 Å². The van der Waals surface area contributed by atoms with Crippen LogP contribution in [0.15, 0.2) is 47.4 Å². The molecule has 1 amide bonds. The largest absolute Gasteiger partial charge is 0.377 e. The van der Waals surface area contributed by atoms with E-state index in [1.807, 2.05) is 0 Å². The topological polar surface area (TPSA) is 84.5 Å². The van der Waals surface area contributed by atoms with Crippen molar-refractivity contribution in [1.82, 2.24) is 4.72 Å². The van der Waals surface area contributed by atoms with E-state index in [4.69, 9.17) is 4.74 Å². The van der Waals surface area contributed by atoms with E-state index in [1.165, 1.54) is 30.3 Å². The molecule has 0 aliphatic carbocycles. The van der Waals surface area contributed by atoms with Gasteiger partial charge in [-0.05, 0) is 61.7 Å². The molecule has 2 aromatic rings. The van der Waals surface area contributed by atoms with Gasteiger partial charge in [0.25, 0.3) is 5.91 Å². The van der Waals surface area contributed by atoms with Crippen LogP contribution in [0.2, 0.25) is 0 Å². The minimum atomic E-state index is -3.67. The Morgan fingerprint density at radius 1 is 1.22 bits per heavy atom. The zero-order chi connectivity index (χ0) is 19.4. The van der Waals surface area contributed by atoms with Gasteiger partial charge in [-0.3, -0.25) is 4.79 Å². The van der Waals surface area contributed by atoms with Crippen molar-refractivity contribution in [2.75, 3.05) is 18.5 Å². The predicted molar refractivity (Wildman–Crippen MR) is 99.7 cm³/mol. The number of anilines is 1. The fourth-order valence-corrected chi connectivity index (χ4v) is 3.82. The lowest BCUT2D eigenvalue weighted by Crippen LogP contribution is -2.31. The minimum absolute atomic E-state index is 0.0680. The molecule has 1 unspecified atom stereocenters. The number of amides is 1. The van der Waals surface area contributed by atoms with E-state index in [2.05, 4.69) is 10.0 Å². The molecule has 1 atom stereocenters. The molecule has 1 aliphatic heterocycles. The Morgan fingerprint density at radius 3 is 2.59 bits per heavy atom. The molecule has 0 bridgehead atoms. The SMILES string of the molecule is Cc1ccc(NC(=O)c2ccc(S(=O)(=O)NCC3CCCO3)cc2)cc1F. The Morgan fingerprint density at radius 2 is 1.96 bits per heavy atom. The average molecular weight is 392 g/mol. The van der Waals surface area contributed by atoms with E-state index in [1.54, 1.807) is 19.1 Å². The van der Waals surface area contributed by atoms with Crippen LogP contribution < -0.4 is 10.0 Å². The fourth-order valence-electron chi connectivity index (χ4n) is 2.75. The Kier molecular flexibility index (Phi) is 5.88. The van der Waals surface area contributed by atoms with Gasteiger partial charge >= 0.3 is 0 Å². The Labute approximate surface area is 157 Å². The molecule has 1 fully saturated rings. The second-order valence-electron chi connectivity index (χ2n) is 6.43. The molecule has 6 nitrogen and oxygen atoms in total. The molecule has 3 rings (SSSR count). The number of nitrogens with one attached hydrogen (secondary N) is 2. The van der Waals surface area contributed by atoms with Gasteiger partial charge in [0, 0.05) is 24.4 Å². The third-order valence-corrected chi connectivity index (χ3v) is 5.82. The molecule has 0 aromatic heterocycles. The second kappa shape index (κ2) is 8.16. The lowest BCUT2D eigenvalue weighted by atomic mass is 10.2. The number of halogens is 1. The summed E-state index contributed by atoms with van der Waals surface area (Å²) in [5.41, 5.74) is 1.09. The highest BCUT2D eigenvalue weighted by Gasteiger charge is 2.20. The first kappa shape index (κ1) is 19.5. The first-order valence-corrected chi connectivity index (χ1v) is 10.1. The molecule has 0 saturated carbocycles. The molecular weight excluding hydrogens is 371 g/mol. The smallest absolute Gasteiger partial charge is 0.255 e. The van der Waals surface area contributed by atoms with Crippen LogP contribution in [0.3, 0.4) is 0 Å². The standard InChI is InChI=1S/C19H21FN2O4S/c1-13-4-7-15(11-18(13)20)22-19(23)14-5-8-17(9-6-14)27(24,25)21-12-16-3-2-10-26-16/h4-9,11,16,21H,2-3,10,12H2,1H3,(H,22,23). The van der Waals surface area contributed by atoms with Gasteiger partial charge in [-0.25, -0.2) is 17.5 Å². The highest BCUT2D eigenvalue weighted by molar-refractivity contribution is 7.89. The maximum Gasteiger partial charge on any atom is 0.255 e. The molecule has 8 heteroatoms. The van der Waals surface area contributed by atoms with Crippen molar-refractivity contribution in [2.45, 2.75) is 30.8 Å². The van der Waals surface area contributed by atoms with Crippen LogP contribution in [0, 0.1) is 12.7 Å². The van der Waals surface area contributed by atoms with Gasteiger partial charge in [0.05, 0.1) is 11.0 Å². The molecular formula is C19H21FN2O4S. The summed E-state index contributed by atoms with van der Waals surface area (Å²) < 4.78 is 46.1. The molecule has 0 spiro atoms. The highest BCUT2D eigenvalue weighted by atomic mass is 32.2. The molecule has 0 radical (unpaired) electrons. The van der Waals surface area contributed by atoms with Crippen molar-refractivity contribution >= 4 is 21.6 Å². The molecule has 1 saturated heterocycles. The van der Waals surface area contributed by atoms with Crippen LogP contribution in [-0.4, -0.2) is 33.6 Å². The minimum Gasteiger partial charge on any atom is -0.377 e. The van der Waals surface area contributed by atoms with E-state index < -0.39 is 21.7 Å². The second-order valence-corrected chi connectivity index (χ2v) is 8.20. The average Bonchev–Trinajstić information content (AvgIpc) is 3.17. The summed E-state index contributed by atoms with van der Waals surface area (Å²) in [6, 6.07) is 9.97. The monoisotopic (exact) mass is 392 g/mol. The number of rotatable bonds is 6. The van der Waals surface area contributed by atoms with E-state index in [9.17, 15) is 17.6 Å². The van der Waals surface area contributed by atoms with Crippen molar-refractivity contribution in [3.8, 4) is 0 Å². The molecule has 144 valence electrons. The zero-order valence-electron chi connectivity index (χ0n) is 14.9. The van der Waals surface area contributed by atoms with Crippen molar-refractivity contribution in [3.63, 3.8) is 0 Å². The number of benzene rings is 2. The lowest BCUT2D eigenvalue weighted by molar-refractivity contribution is 0.102. The highest BCUT2D eigenvalue weighted by Crippen LogP contribution is 2.17. The normalized spacial score (nSPS) is 17.0. The maximum atomic E-state index is 13.6. The van der Waals surface area contributed by atoms with Crippen LogP contribution in [0.25, 0.3) is 0 Å². The number of aryl methyl sites for hydroxylation is 1. The summed E-state index contributed by atoms with van der Waals surface area (Å²) in [7, 11) is -3.67. The fraction of sp³-hybridized carbons (Fsp3) is 0.316. The zero-order valence-corrected chi connectivity index (χ0v) is 15.7. The van der Waals surface area contributed by atoms with Crippen molar-refractivity contribution in [1.29, 1.82) is 0 Å². The van der Waals surface area contributed by atoms with Crippen LogP contribution >= 0.6 is 0 Å². The van der Waals surface area contributed by atoms with E-state index in [-0.39, 0.29) is 23.1 Å². The Bertz CT molecular complexity index is 923. The number of carbonyl (C=O) groups is 1. The van der Waals surface area contributed by atoms with Gasteiger partial charge in [-0.1, -0.05) is 6.07 Å². The van der Waals surface area contributed by atoms with E-state index in [0.29, 0.717) is 17.9 Å². The van der Waals surface area contributed by atoms with Gasteiger partial charge in [0.2, 0.25) is 10.0 Å². The first-order chi connectivity index (χ1) is 12.8. The summed E-state index contributed by atoms with van der Waals surface area (Å²) in [6.45, 7) is 2.51. The van der Waals surface area contributed by atoms with Gasteiger partial charge in [0.1, 0.15) is 5.82 Å². The van der Waals surface area contributed by atoms with Crippen molar-refractivity contribution in [3.05, 3.63) is 59.4 Å². The predicted octanol–water partition coefficient (Wildman–Crippen LogP) is 2.84. The van der Waals surface area contributed by atoms with E-state index in [0.717, 1.165) is 12.8 Å². The first-order valence-electron chi connectivity index (χ1n) is 8.64. The van der Waals surface area contributed by atoms with E-state index >= 15 is 0 Å². The van der Waals surface area contributed by atoms with Crippen LogP contribution in [0.4, 0.5) is 10.1 Å². The third kappa shape index (κ3) is 4.91. The number of hydrogen-bond acceptors (Lipinski definition) is 4. The summed E-state index contributed by atoms with van der Waals surface area (Å²) in [5, 5.41) is 2.59. The van der Waals surface area contributed by atoms with Crippen LogP contribution in [0.1, 0.15) is 28.8 Å². The third-order valence-electron chi connectivity index (χ3n) is 4.38. The summed E-state index contributed by atoms with van der Waals surface area (Å²) in [4.78, 5) is 12.3. The molecule has 1 heterocycles. The number of carbonyl (C=O) groups excluding carboxylic acids is 1. The van der Waals surface area contributed by atoms with Crippen molar-refractivity contribution < 1.29 is 22.3 Å². The summed E-state index contributed by atoms with van der Waals surface area (Å²) in [6.07, 6.45) is 1.67. The number of sulfonamides is 1. The molecule has 27 heavy (non-hydrogen) atoms. The number of ether oxygens (including phenoxy) is 1. The van der Waals surface area contributed by atoms with Gasteiger partial charge in [-0.15, -0.1) is 0 Å². The molecule has 2 N–H and O–H groups in total. The Balaban J connectivity index is 1.64. The Hall–Kier alpha value is -2.29. The lowest BCUT2D eigenvalue weighted by Gasteiger charge is -2.12. The maximum absolute atomic E-state index is 13.6. The molecule has 2 aromatic carbocycles. The number of hydrogen-bond donors (Lipinski definition) is 2. The van der Waals surface area contributed by atoms with Crippen molar-refractivity contribution in [2.24, 2.45) is 0 Å².